The van der Waals surface area contributed by atoms with Gasteiger partial charge in [-0.15, -0.1) is 0 Å². The van der Waals surface area contributed by atoms with E-state index in [9.17, 15) is 14.4 Å². The van der Waals surface area contributed by atoms with Crippen LogP contribution < -0.4 is 20.7 Å². The van der Waals surface area contributed by atoms with Crippen molar-refractivity contribution in [2.45, 2.75) is 52.0 Å². The maximum absolute atomic E-state index is 13.4. The van der Waals surface area contributed by atoms with E-state index in [-0.39, 0.29) is 35.5 Å². The third-order valence-corrected chi connectivity index (χ3v) is 9.35. The first-order valence-corrected chi connectivity index (χ1v) is 16.3. The number of hydrogen-bond acceptors (Lipinski definition) is 10. The first-order chi connectivity index (χ1) is 22.3. The first-order valence-electron chi connectivity index (χ1n) is 16.3. The third-order valence-electron chi connectivity index (χ3n) is 9.35. The monoisotopic (exact) mass is 629 g/mol. The number of methoxy groups -OCH3 is 1. The summed E-state index contributed by atoms with van der Waals surface area (Å²) in [6.07, 6.45) is 9.95. The van der Waals surface area contributed by atoms with Crippen LogP contribution in [0, 0.1) is 11.8 Å². The number of aromatic nitrogens is 4. The summed E-state index contributed by atoms with van der Waals surface area (Å²) in [6, 6.07) is 6.22. The van der Waals surface area contributed by atoms with Crippen LogP contribution in [0.5, 0.6) is 5.75 Å². The molecular weight excluding hydrogens is 586 g/mol. The van der Waals surface area contributed by atoms with Crippen LogP contribution in [0.3, 0.4) is 0 Å². The van der Waals surface area contributed by atoms with E-state index in [1.807, 2.05) is 15.8 Å². The van der Waals surface area contributed by atoms with E-state index in [1.54, 1.807) is 7.11 Å². The first kappa shape index (κ1) is 31.3. The molecule has 46 heavy (non-hydrogen) atoms. The minimum atomic E-state index is -0.231. The zero-order chi connectivity index (χ0) is 32.2. The molecule has 3 amide bonds. The molecular formula is C33H43N9O4. The highest BCUT2D eigenvalue weighted by atomic mass is 16.5. The summed E-state index contributed by atoms with van der Waals surface area (Å²) < 4.78 is 7.63. The summed E-state index contributed by atoms with van der Waals surface area (Å²) in [7, 11) is 1.67. The minimum Gasteiger partial charge on any atom is -0.496 e. The van der Waals surface area contributed by atoms with Crippen LogP contribution in [0.4, 0.5) is 17.5 Å². The molecule has 2 fully saturated rings. The zero-order valence-corrected chi connectivity index (χ0v) is 26.7. The van der Waals surface area contributed by atoms with Crippen LogP contribution in [0.2, 0.25) is 0 Å². The molecule has 0 bridgehead atoms. The fourth-order valence-corrected chi connectivity index (χ4v) is 6.70. The number of carbonyl (C=O) groups is 3. The van der Waals surface area contributed by atoms with Crippen molar-refractivity contribution in [3.8, 4) is 5.75 Å². The largest absolute Gasteiger partial charge is 0.496 e. The van der Waals surface area contributed by atoms with Crippen LogP contribution in [0.25, 0.3) is 11.0 Å². The van der Waals surface area contributed by atoms with Gasteiger partial charge in [0.05, 0.1) is 19.9 Å². The molecule has 1 aromatic carbocycles. The Morgan fingerprint density at radius 3 is 2.48 bits per heavy atom. The van der Waals surface area contributed by atoms with Gasteiger partial charge in [0.2, 0.25) is 11.9 Å². The second kappa shape index (κ2) is 13.8. The number of rotatable bonds is 11. The summed E-state index contributed by atoms with van der Waals surface area (Å²) in [6.45, 7) is 6.71. The number of benzene rings is 1. The lowest BCUT2D eigenvalue weighted by Crippen LogP contribution is -2.51. The lowest BCUT2D eigenvalue weighted by atomic mass is 9.81. The Labute approximate surface area is 268 Å². The normalized spacial score (nSPS) is 20.2. The molecule has 3 aliphatic rings. The number of unbranched alkanes of at least 4 members (excludes halogenated alkanes) is 1. The topological polar surface area (TPSA) is 152 Å². The van der Waals surface area contributed by atoms with E-state index in [2.05, 4.69) is 45.3 Å². The Morgan fingerprint density at radius 1 is 1.04 bits per heavy atom. The fourth-order valence-electron chi connectivity index (χ4n) is 6.70. The molecule has 0 atom stereocenters. The minimum absolute atomic E-state index is 0.00912. The van der Waals surface area contributed by atoms with E-state index >= 15 is 0 Å². The number of nitrogen functional groups attached to an aromatic ring is 1. The molecule has 1 aliphatic carbocycles. The molecule has 6 rings (SSSR count). The summed E-state index contributed by atoms with van der Waals surface area (Å²) in [5.41, 5.74) is 9.38. The molecule has 0 radical (unpaired) electrons. The van der Waals surface area contributed by atoms with E-state index in [0.29, 0.717) is 43.0 Å². The standard InChI is InChI=1S/C33H43N9O4/c1-3-4-13-35-31-30-26(36-33(34)37-31)21-41(38-30)20-24-9-10-25(18-27(24)46-2)39-14-16-40(17-15-39)32(45)23-7-5-22(6-8-23)19-42-28(43)11-12-29(42)44/h9-12,18,21-23H,3-8,13-17,19-20H2,1-2H3,(H3,34,35,36,37). The van der Waals surface area contributed by atoms with E-state index in [4.69, 9.17) is 15.6 Å². The van der Waals surface area contributed by atoms with Gasteiger partial charge in [0.25, 0.3) is 11.8 Å². The molecule has 1 saturated heterocycles. The Hall–Kier alpha value is -4.68. The van der Waals surface area contributed by atoms with Crippen LogP contribution in [0.15, 0.2) is 36.5 Å². The van der Waals surface area contributed by atoms with Crippen molar-refractivity contribution in [2.24, 2.45) is 11.8 Å². The number of fused-ring (bicyclic) bond motifs is 1. The molecule has 2 aliphatic heterocycles. The third kappa shape index (κ3) is 6.77. The van der Waals surface area contributed by atoms with Gasteiger partial charge in [0.1, 0.15) is 11.3 Å². The maximum Gasteiger partial charge on any atom is 0.253 e. The van der Waals surface area contributed by atoms with Gasteiger partial charge in [-0.3, -0.25) is 24.0 Å². The molecule has 0 spiro atoms. The molecule has 13 heteroatoms. The Balaban J connectivity index is 1.03. The number of amides is 3. The van der Waals surface area contributed by atoms with Crippen molar-refractivity contribution in [1.82, 2.24) is 29.5 Å². The lowest BCUT2D eigenvalue weighted by Gasteiger charge is -2.39. The molecule has 3 aromatic rings. The number of imide groups is 1. The lowest BCUT2D eigenvalue weighted by molar-refractivity contribution is -0.140. The summed E-state index contributed by atoms with van der Waals surface area (Å²) in [4.78, 5) is 51.5. The Kier molecular flexibility index (Phi) is 9.36. The molecule has 1 saturated carbocycles. The van der Waals surface area contributed by atoms with Crippen LogP contribution >= 0.6 is 0 Å². The van der Waals surface area contributed by atoms with Gasteiger partial charge in [-0.25, -0.2) is 4.98 Å². The van der Waals surface area contributed by atoms with Gasteiger partial charge >= 0.3 is 0 Å². The second-order valence-corrected chi connectivity index (χ2v) is 12.4. The van der Waals surface area contributed by atoms with Gasteiger partial charge in [-0.2, -0.15) is 10.1 Å². The SMILES string of the molecule is CCCCNc1nc(N)nc2cn(Cc3ccc(N4CCN(C(=O)C5CCC(CN6C(=O)C=CC6=O)CC5)CC4)cc3OC)nc12. The molecule has 244 valence electrons. The predicted molar refractivity (Wildman–Crippen MR) is 175 cm³/mol. The van der Waals surface area contributed by atoms with Gasteiger partial charge in [-0.05, 0) is 44.1 Å². The number of nitrogens with zero attached hydrogens (tertiary/aromatic N) is 7. The van der Waals surface area contributed by atoms with Gasteiger partial charge in [0.15, 0.2) is 11.3 Å². The number of nitrogens with one attached hydrogen (secondary N) is 1. The van der Waals surface area contributed by atoms with Crippen molar-refractivity contribution in [3.05, 3.63) is 42.1 Å². The van der Waals surface area contributed by atoms with Crippen LogP contribution in [0.1, 0.15) is 51.0 Å². The van der Waals surface area contributed by atoms with Gasteiger partial charge in [-0.1, -0.05) is 19.4 Å². The van der Waals surface area contributed by atoms with E-state index < -0.39 is 0 Å². The average Bonchev–Trinajstić information content (AvgIpc) is 3.62. The second-order valence-electron chi connectivity index (χ2n) is 12.4. The van der Waals surface area contributed by atoms with E-state index in [0.717, 1.165) is 75.2 Å². The fraction of sp³-hybridized carbons (Fsp3) is 0.515. The number of anilines is 3. The average molecular weight is 630 g/mol. The summed E-state index contributed by atoms with van der Waals surface area (Å²) in [5.74, 6) is 1.66. The van der Waals surface area contributed by atoms with Crippen LogP contribution in [-0.4, -0.2) is 93.6 Å². The number of piperazine rings is 1. The quantitative estimate of drug-likeness (QED) is 0.239. The van der Waals surface area contributed by atoms with Crippen molar-refractivity contribution in [2.75, 3.05) is 62.3 Å². The number of ether oxygens (including phenoxy) is 1. The summed E-state index contributed by atoms with van der Waals surface area (Å²) in [5, 5.41) is 8.08. The van der Waals surface area contributed by atoms with E-state index in [1.165, 1.54) is 17.1 Å². The van der Waals surface area contributed by atoms with Crippen molar-refractivity contribution < 1.29 is 19.1 Å². The maximum atomic E-state index is 13.4. The molecule has 3 N–H and O–H groups in total. The zero-order valence-electron chi connectivity index (χ0n) is 26.7. The van der Waals surface area contributed by atoms with Crippen LogP contribution in [-0.2, 0) is 20.9 Å². The molecule has 0 unspecified atom stereocenters. The van der Waals surface area contributed by atoms with Gasteiger partial charge in [0, 0.05) is 74.7 Å². The van der Waals surface area contributed by atoms with Crippen molar-refractivity contribution in [1.29, 1.82) is 0 Å². The molecule has 2 aromatic heterocycles. The number of nitrogens with two attached hydrogens (primary N) is 1. The Bertz CT molecular complexity index is 1600. The smallest absolute Gasteiger partial charge is 0.253 e. The van der Waals surface area contributed by atoms with Gasteiger partial charge < -0.3 is 25.6 Å². The van der Waals surface area contributed by atoms with Crippen molar-refractivity contribution >= 4 is 46.2 Å². The highest BCUT2D eigenvalue weighted by Crippen LogP contribution is 2.32. The summed E-state index contributed by atoms with van der Waals surface area (Å²) >= 11 is 0. The number of hydrogen-bond donors (Lipinski definition) is 2. The Morgan fingerprint density at radius 2 is 1.78 bits per heavy atom. The van der Waals surface area contributed by atoms with Crippen molar-refractivity contribution in [3.63, 3.8) is 0 Å². The predicted octanol–water partition coefficient (Wildman–Crippen LogP) is 3.06. The molecule has 13 nitrogen and oxygen atoms in total. The highest BCUT2D eigenvalue weighted by Gasteiger charge is 2.34. The number of carbonyl (C=O) groups excluding carboxylic acids is 3. The highest BCUT2D eigenvalue weighted by molar-refractivity contribution is 6.12. The molecule has 4 heterocycles.